The summed E-state index contributed by atoms with van der Waals surface area (Å²) in [5.74, 6) is 0. The smallest absolute Gasteiger partial charge is 0.123 e. The third kappa shape index (κ3) is 2.18. The second-order valence-corrected chi connectivity index (χ2v) is 5.12. The van der Waals surface area contributed by atoms with Crippen LogP contribution < -0.4 is 0 Å². The van der Waals surface area contributed by atoms with E-state index in [0.29, 0.717) is 5.69 Å². The summed E-state index contributed by atoms with van der Waals surface area (Å²) in [6, 6.07) is 5.63. The molecule has 0 aliphatic heterocycles. The van der Waals surface area contributed by atoms with E-state index < -0.39 is 6.10 Å². The van der Waals surface area contributed by atoms with Crippen LogP contribution >= 0.6 is 31.9 Å². The van der Waals surface area contributed by atoms with Crippen molar-refractivity contribution in [2.45, 2.75) is 6.10 Å². The molecule has 0 radical (unpaired) electrons. The Kier molecular flexibility index (Phi) is 3.41. The Morgan fingerprint density at radius 1 is 1.38 bits per heavy atom. The molecule has 0 aliphatic rings. The van der Waals surface area contributed by atoms with Gasteiger partial charge in [-0.15, -0.1) is 5.10 Å². The fourth-order valence-electron chi connectivity index (χ4n) is 1.43. The average Bonchev–Trinajstić information content (AvgIpc) is 2.63. The zero-order valence-corrected chi connectivity index (χ0v) is 11.6. The van der Waals surface area contributed by atoms with E-state index in [1.165, 1.54) is 0 Å². The van der Waals surface area contributed by atoms with E-state index in [9.17, 15) is 5.11 Å². The summed E-state index contributed by atoms with van der Waals surface area (Å²) in [4.78, 5) is 0. The van der Waals surface area contributed by atoms with Gasteiger partial charge in [0.05, 0.1) is 11.9 Å². The molecule has 16 heavy (non-hydrogen) atoms. The van der Waals surface area contributed by atoms with Gasteiger partial charge in [-0.3, -0.25) is 0 Å². The maximum Gasteiger partial charge on any atom is 0.123 e. The maximum absolute atomic E-state index is 10.2. The molecule has 0 saturated carbocycles. The molecule has 1 N–H and O–H groups in total. The predicted octanol–water partition coefficient (Wildman–Crippen LogP) is 2.42. The average molecular weight is 347 g/mol. The van der Waals surface area contributed by atoms with Gasteiger partial charge in [0.25, 0.3) is 0 Å². The highest BCUT2D eigenvalue weighted by Crippen LogP contribution is 2.30. The molecule has 2 aromatic rings. The monoisotopic (exact) mass is 345 g/mol. The Hall–Kier alpha value is -0.720. The number of rotatable bonds is 2. The van der Waals surface area contributed by atoms with Gasteiger partial charge in [0.1, 0.15) is 6.10 Å². The molecular weight excluding hydrogens is 338 g/mol. The van der Waals surface area contributed by atoms with Crippen molar-refractivity contribution in [2.24, 2.45) is 7.05 Å². The molecule has 1 unspecified atom stereocenters. The molecule has 2 rings (SSSR count). The summed E-state index contributed by atoms with van der Waals surface area (Å²) in [5, 5.41) is 17.7. The number of nitrogens with zero attached hydrogens (tertiary/aromatic N) is 3. The molecule has 0 fully saturated rings. The van der Waals surface area contributed by atoms with E-state index in [2.05, 4.69) is 42.2 Å². The molecule has 0 aliphatic carbocycles. The molecule has 0 bridgehead atoms. The largest absolute Gasteiger partial charge is 0.382 e. The van der Waals surface area contributed by atoms with Crippen molar-refractivity contribution in [1.29, 1.82) is 0 Å². The van der Waals surface area contributed by atoms with Gasteiger partial charge in [0.15, 0.2) is 0 Å². The molecule has 1 aromatic heterocycles. The third-order valence-electron chi connectivity index (χ3n) is 2.29. The van der Waals surface area contributed by atoms with E-state index in [1.54, 1.807) is 17.9 Å². The van der Waals surface area contributed by atoms with E-state index in [-0.39, 0.29) is 0 Å². The minimum atomic E-state index is -0.734. The van der Waals surface area contributed by atoms with Gasteiger partial charge in [0.2, 0.25) is 0 Å². The van der Waals surface area contributed by atoms with Crippen LogP contribution in [0.1, 0.15) is 17.4 Å². The van der Waals surface area contributed by atoms with Crippen molar-refractivity contribution in [2.75, 3.05) is 0 Å². The van der Waals surface area contributed by atoms with Crippen LogP contribution in [-0.2, 0) is 7.05 Å². The molecule has 1 aromatic carbocycles. The Labute approximate surface area is 110 Å². The van der Waals surface area contributed by atoms with Crippen molar-refractivity contribution < 1.29 is 5.11 Å². The number of aromatic nitrogens is 3. The minimum absolute atomic E-state index is 0.656. The predicted molar refractivity (Wildman–Crippen MR) is 66.9 cm³/mol. The highest BCUT2D eigenvalue weighted by Gasteiger charge is 2.17. The number of halogens is 2. The second kappa shape index (κ2) is 4.65. The number of hydrogen-bond acceptors (Lipinski definition) is 3. The van der Waals surface area contributed by atoms with Crippen LogP contribution in [0.2, 0.25) is 0 Å². The number of aryl methyl sites for hydroxylation is 1. The first-order valence-corrected chi connectivity index (χ1v) is 6.16. The molecule has 6 heteroatoms. The lowest BCUT2D eigenvalue weighted by molar-refractivity contribution is 0.209. The van der Waals surface area contributed by atoms with E-state index in [0.717, 1.165) is 14.5 Å². The van der Waals surface area contributed by atoms with E-state index in [1.807, 2.05) is 18.2 Å². The molecule has 1 atom stereocenters. The Bertz CT molecular complexity index is 513. The number of hydrogen-bond donors (Lipinski definition) is 1. The quantitative estimate of drug-likeness (QED) is 0.908. The highest BCUT2D eigenvalue weighted by molar-refractivity contribution is 9.11. The Morgan fingerprint density at radius 2 is 2.12 bits per heavy atom. The van der Waals surface area contributed by atoms with Crippen LogP contribution in [0.5, 0.6) is 0 Å². The highest BCUT2D eigenvalue weighted by atomic mass is 79.9. The molecular formula is C10H9Br2N3O. The topological polar surface area (TPSA) is 50.9 Å². The number of aliphatic hydroxyl groups is 1. The van der Waals surface area contributed by atoms with Crippen molar-refractivity contribution in [3.8, 4) is 0 Å². The van der Waals surface area contributed by atoms with E-state index >= 15 is 0 Å². The van der Waals surface area contributed by atoms with Crippen LogP contribution in [0.3, 0.4) is 0 Å². The van der Waals surface area contributed by atoms with Gasteiger partial charge in [-0.1, -0.05) is 43.1 Å². The van der Waals surface area contributed by atoms with Crippen molar-refractivity contribution in [1.82, 2.24) is 15.0 Å². The first kappa shape index (κ1) is 11.8. The van der Waals surface area contributed by atoms with Crippen LogP contribution in [0.4, 0.5) is 0 Å². The fraction of sp³-hybridized carbons (Fsp3) is 0.200. The van der Waals surface area contributed by atoms with Gasteiger partial charge >= 0.3 is 0 Å². The first-order chi connectivity index (χ1) is 7.59. The van der Waals surface area contributed by atoms with Gasteiger partial charge in [-0.05, 0) is 12.1 Å². The molecule has 0 spiro atoms. The SMILES string of the molecule is Cn1nncc1C(O)c1ccc(Br)cc1Br. The molecule has 0 amide bonds. The molecule has 4 nitrogen and oxygen atoms in total. The summed E-state index contributed by atoms with van der Waals surface area (Å²) in [5.41, 5.74) is 1.44. The molecule has 84 valence electrons. The summed E-state index contributed by atoms with van der Waals surface area (Å²) < 4.78 is 3.35. The van der Waals surface area contributed by atoms with E-state index in [4.69, 9.17) is 0 Å². The number of benzene rings is 1. The Morgan fingerprint density at radius 3 is 2.69 bits per heavy atom. The summed E-state index contributed by atoms with van der Waals surface area (Å²) in [6.45, 7) is 0. The lowest BCUT2D eigenvalue weighted by Gasteiger charge is -2.12. The standard InChI is InChI=1S/C10H9Br2N3O/c1-15-9(5-13-14-15)10(16)7-3-2-6(11)4-8(7)12/h2-5,10,16H,1H3. The van der Waals surface area contributed by atoms with Gasteiger partial charge < -0.3 is 5.11 Å². The Balaban J connectivity index is 2.41. The summed E-state index contributed by atoms with van der Waals surface area (Å²) in [7, 11) is 1.75. The van der Waals surface area contributed by atoms with Crippen molar-refractivity contribution >= 4 is 31.9 Å². The van der Waals surface area contributed by atoms with Crippen LogP contribution in [0, 0.1) is 0 Å². The second-order valence-electron chi connectivity index (χ2n) is 3.35. The lowest BCUT2D eigenvalue weighted by atomic mass is 10.1. The van der Waals surface area contributed by atoms with Crippen molar-refractivity contribution in [3.63, 3.8) is 0 Å². The van der Waals surface area contributed by atoms with Crippen LogP contribution in [-0.4, -0.2) is 20.1 Å². The van der Waals surface area contributed by atoms with Crippen LogP contribution in [0.25, 0.3) is 0 Å². The molecule has 1 heterocycles. The summed E-state index contributed by atoms with van der Waals surface area (Å²) >= 11 is 6.78. The first-order valence-electron chi connectivity index (χ1n) is 4.57. The van der Waals surface area contributed by atoms with Crippen molar-refractivity contribution in [3.05, 3.63) is 44.6 Å². The lowest BCUT2D eigenvalue weighted by Crippen LogP contribution is -2.07. The zero-order valence-electron chi connectivity index (χ0n) is 8.43. The zero-order chi connectivity index (χ0) is 11.7. The van der Waals surface area contributed by atoms with Gasteiger partial charge in [-0.2, -0.15) is 0 Å². The molecule has 0 saturated heterocycles. The van der Waals surface area contributed by atoms with Crippen LogP contribution in [0.15, 0.2) is 33.3 Å². The minimum Gasteiger partial charge on any atom is -0.382 e. The third-order valence-corrected chi connectivity index (χ3v) is 3.47. The number of aliphatic hydroxyl groups excluding tert-OH is 1. The van der Waals surface area contributed by atoms with Gasteiger partial charge in [0, 0.05) is 21.6 Å². The normalized spacial score (nSPS) is 12.8. The fourth-order valence-corrected chi connectivity index (χ4v) is 2.69. The van der Waals surface area contributed by atoms with Gasteiger partial charge in [-0.25, -0.2) is 4.68 Å². The summed E-state index contributed by atoms with van der Waals surface area (Å²) in [6.07, 6.45) is 0.821. The maximum atomic E-state index is 10.2.